The van der Waals surface area contributed by atoms with Crippen LogP contribution in [0.25, 0.3) is 10.9 Å². The molecule has 1 aromatic carbocycles. The molecule has 0 amide bonds. The minimum absolute atomic E-state index is 0.283. The molecule has 0 aliphatic rings. The molecule has 2 heterocycles. The minimum Gasteiger partial charge on any atom is -0.439 e. The van der Waals surface area contributed by atoms with Crippen molar-refractivity contribution >= 4 is 37.2 Å². The highest BCUT2D eigenvalue weighted by Crippen LogP contribution is 2.25. The zero-order valence-electron chi connectivity index (χ0n) is 18.1. The first-order chi connectivity index (χ1) is 14.9. The van der Waals surface area contributed by atoms with Gasteiger partial charge >= 0.3 is 0 Å². The highest BCUT2D eigenvalue weighted by Gasteiger charge is 2.12. The highest BCUT2D eigenvalue weighted by atomic mass is 28.3. The van der Waals surface area contributed by atoms with E-state index in [0.29, 0.717) is 30.4 Å². The normalized spacial score (nSPS) is 12.2. The lowest BCUT2D eigenvalue weighted by Crippen LogP contribution is -2.21. The average molecular weight is 437 g/mol. The maximum absolute atomic E-state index is 10.9. The molecule has 7 nitrogen and oxygen atoms in total. The van der Waals surface area contributed by atoms with Crippen LogP contribution < -0.4 is 4.74 Å². The van der Waals surface area contributed by atoms with Crippen LogP contribution in [0.2, 0.25) is 25.7 Å². The molecule has 2 N–H and O–H groups in total. The summed E-state index contributed by atoms with van der Waals surface area (Å²) in [4.78, 5) is 22.8. The quantitative estimate of drug-likeness (QED) is 0.184. The highest BCUT2D eigenvalue weighted by molar-refractivity contribution is 6.76. The number of aromatic nitrogens is 2. The summed E-state index contributed by atoms with van der Waals surface area (Å²) in [6, 6.07) is 12.1. The maximum atomic E-state index is 10.9. The standard InChI is InChI=1S/C23H28N4O3Si/c1-31(2,3)11-10-29-16-26-21(8-9-24)17-4-7-23(25-14-17)30-20-5-6-22-18(13-20)12-19(15-28)27-22/h4-7,9,12-15,24,27H,8,10-11,16H2,1-3H3. The van der Waals surface area contributed by atoms with Gasteiger partial charge in [-0.15, -0.1) is 0 Å². The zero-order chi connectivity index (χ0) is 22.3. The molecule has 0 saturated heterocycles. The molecule has 3 rings (SSSR count). The van der Waals surface area contributed by atoms with Crippen molar-refractivity contribution in [1.82, 2.24) is 9.97 Å². The Hall–Kier alpha value is -3.10. The van der Waals surface area contributed by atoms with Crippen molar-refractivity contribution in [2.24, 2.45) is 4.99 Å². The third-order valence-electron chi connectivity index (χ3n) is 4.67. The largest absolute Gasteiger partial charge is 0.439 e. The molecule has 162 valence electrons. The van der Waals surface area contributed by atoms with Gasteiger partial charge < -0.3 is 19.9 Å². The van der Waals surface area contributed by atoms with E-state index in [4.69, 9.17) is 14.9 Å². The van der Waals surface area contributed by atoms with Crippen LogP contribution in [0.5, 0.6) is 11.6 Å². The van der Waals surface area contributed by atoms with Gasteiger partial charge in [-0.25, -0.2) is 4.98 Å². The fourth-order valence-electron chi connectivity index (χ4n) is 2.93. The summed E-state index contributed by atoms with van der Waals surface area (Å²) in [5, 5.41) is 8.34. The summed E-state index contributed by atoms with van der Waals surface area (Å²) in [6.45, 7) is 7.93. The second-order valence-electron chi connectivity index (χ2n) is 8.44. The molecular formula is C23H28N4O3Si. The summed E-state index contributed by atoms with van der Waals surface area (Å²) in [5.41, 5.74) is 2.99. The third-order valence-corrected chi connectivity index (χ3v) is 6.37. The fraction of sp³-hybridized carbons (Fsp3) is 0.304. The van der Waals surface area contributed by atoms with Crippen LogP contribution in [0.15, 0.2) is 47.6 Å². The van der Waals surface area contributed by atoms with Crippen LogP contribution in [0.1, 0.15) is 22.5 Å². The van der Waals surface area contributed by atoms with E-state index in [-0.39, 0.29) is 6.73 Å². The number of carbonyl (C=O) groups excluding carboxylic acids is 1. The summed E-state index contributed by atoms with van der Waals surface area (Å²) < 4.78 is 11.5. The molecule has 0 spiro atoms. The summed E-state index contributed by atoms with van der Waals surface area (Å²) in [6.07, 6.45) is 4.22. The SMILES string of the molecule is C[Si](C)(C)CCOCN=C(CC=N)c1ccc(Oc2ccc3[nH]c(C=O)cc3c2)nc1. The predicted octanol–water partition coefficient (Wildman–Crippen LogP) is 5.31. The molecule has 0 unspecified atom stereocenters. The Kier molecular flexibility index (Phi) is 7.48. The van der Waals surface area contributed by atoms with E-state index in [9.17, 15) is 4.79 Å². The van der Waals surface area contributed by atoms with Gasteiger partial charge in [0.15, 0.2) is 6.29 Å². The van der Waals surface area contributed by atoms with Crippen LogP contribution in [0.3, 0.4) is 0 Å². The zero-order valence-corrected chi connectivity index (χ0v) is 19.1. The summed E-state index contributed by atoms with van der Waals surface area (Å²) in [5.74, 6) is 1.09. The van der Waals surface area contributed by atoms with Crippen molar-refractivity contribution in [1.29, 1.82) is 5.41 Å². The number of carbonyl (C=O) groups is 1. The van der Waals surface area contributed by atoms with Gasteiger partial charge in [0.05, 0.1) is 11.4 Å². The number of fused-ring (bicyclic) bond motifs is 1. The van der Waals surface area contributed by atoms with E-state index in [1.165, 1.54) is 6.21 Å². The lowest BCUT2D eigenvalue weighted by atomic mass is 10.1. The molecule has 8 heteroatoms. The van der Waals surface area contributed by atoms with Gasteiger partial charge in [-0.05, 0) is 36.4 Å². The lowest BCUT2D eigenvalue weighted by molar-refractivity contribution is 0.111. The molecule has 0 aliphatic heterocycles. The number of nitrogens with zero attached hydrogens (tertiary/aromatic N) is 2. The Morgan fingerprint density at radius 3 is 2.74 bits per heavy atom. The third kappa shape index (κ3) is 6.70. The number of nitrogens with one attached hydrogen (secondary N) is 2. The van der Waals surface area contributed by atoms with Crippen LogP contribution >= 0.6 is 0 Å². The molecule has 2 aromatic heterocycles. The lowest BCUT2D eigenvalue weighted by Gasteiger charge is -2.14. The van der Waals surface area contributed by atoms with E-state index in [2.05, 4.69) is 34.6 Å². The molecule has 0 saturated carbocycles. The average Bonchev–Trinajstić information content (AvgIpc) is 3.15. The van der Waals surface area contributed by atoms with Crippen LogP contribution in [0, 0.1) is 5.41 Å². The Bertz CT molecular complexity index is 1070. The molecule has 0 atom stereocenters. The van der Waals surface area contributed by atoms with Crippen molar-refractivity contribution in [3.63, 3.8) is 0 Å². The molecule has 0 fully saturated rings. The van der Waals surface area contributed by atoms with E-state index < -0.39 is 8.07 Å². The smallest absolute Gasteiger partial charge is 0.219 e. The van der Waals surface area contributed by atoms with Gasteiger partial charge in [0, 0.05) is 56.0 Å². The predicted molar refractivity (Wildman–Crippen MR) is 127 cm³/mol. The van der Waals surface area contributed by atoms with E-state index >= 15 is 0 Å². The van der Waals surface area contributed by atoms with E-state index in [1.54, 1.807) is 18.3 Å². The number of aldehydes is 1. The van der Waals surface area contributed by atoms with Gasteiger partial charge in [-0.1, -0.05) is 19.6 Å². The number of aromatic amines is 1. The Labute approximate surface area is 183 Å². The maximum Gasteiger partial charge on any atom is 0.219 e. The first-order valence-electron chi connectivity index (χ1n) is 10.2. The number of ether oxygens (including phenoxy) is 2. The van der Waals surface area contributed by atoms with Crippen molar-refractivity contribution in [3.05, 3.63) is 53.9 Å². The van der Waals surface area contributed by atoms with Crippen molar-refractivity contribution in [2.45, 2.75) is 32.1 Å². The van der Waals surface area contributed by atoms with Crippen LogP contribution in [0.4, 0.5) is 0 Å². The Morgan fingerprint density at radius 2 is 2.06 bits per heavy atom. The fourth-order valence-corrected chi connectivity index (χ4v) is 3.69. The molecule has 0 radical (unpaired) electrons. The molecule has 3 aromatic rings. The minimum atomic E-state index is -1.12. The van der Waals surface area contributed by atoms with Crippen molar-refractivity contribution in [3.8, 4) is 11.6 Å². The van der Waals surface area contributed by atoms with Gasteiger partial charge in [-0.2, -0.15) is 0 Å². The Balaban J connectivity index is 1.64. The molecule has 0 aliphatic carbocycles. The number of benzene rings is 1. The van der Waals surface area contributed by atoms with Crippen LogP contribution in [-0.4, -0.2) is 49.6 Å². The summed E-state index contributed by atoms with van der Waals surface area (Å²) >= 11 is 0. The first-order valence-corrected chi connectivity index (χ1v) is 13.9. The van der Waals surface area contributed by atoms with Crippen LogP contribution in [-0.2, 0) is 4.74 Å². The van der Waals surface area contributed by atoms with Gasteiger partial charge in [-0.3, -0.25) is 9.79 Å². The number of aliphatic imine (C=N–C) groups is 1. The van der Waals surface area contributed by atoms with Gasteiger partial charge in [0.25, 0.3) is 0 Å². The summed E-state index contributed by atoms with van der Waals surface area (Å²) in [7, 11) is -1.12. The molecule has 0 bridgehead atoms. The molecule has 31 heavy (non-hydrogen) atoms. The number of rotatable bonds is 11. The van der Waals surface area contributed by atoms with Crippen molar-refractivity contribution < 1.29 is 14.3 Å². The number of hydrogen-bond acceptors (Lipinski definition) is 6. The first kappa shape index (κ1) is 22.6. The van der Waals surface area contributed by atoms with Gasteiger partial charge in [0.2, 0.25) is 5.88 Å². The van der Waals surface area contributed by atoms with Crippen molar-refractivity contribution in [2.75, 3.05) is 13.3 Å². The topological polar surface area (TPSA) is 100 Å². The second-order valence-corrected chi connectivity index (χ2v) is 14.1. The van der Waals surface area contributed by atoms with E-state index in [0.717, 1.165) is 34.5 Å². The number of H-pyrrole nitrogens is 1. The monoisotopic (exact) mass is 436 g/mol. The number of pyridine rings is 1. The Morgan fingerprint density at radius 1 is 1.23 bits per heavy atom. The number of hydrogen-bond donors (Lipinski definition) is 2. The second kappa shape index (κ2) is 10.3. The molecular weight excluding hydrogens is 408 g/mol. The van der Waals surface area contributed by atoms with E-state index in [1.807, 2.05) is 24.3 Å². The van der Waals surface area contributed by atoms with Gasteiger partial charge in [0.1, 0.15) is 12.5 Å².